The highest BCUT2D eigenvalue weighted by molar-refractivity contribution is 6.31. The lowest BCUT2D eigenvalue weighted by atomic mass is 9.93. The van der Waals surface area contributed by atoms with E-state index in [1.165, 1.54) is 11.4 Å². The van der Waals surface area contributed by atoms with Gasteiger partial charge in [-0.25, -0.2) is 9.97 Å². The van der Waals surface area contributed by atoms with Gasteiger partial charge in [0.25, 0.3) is 0 Å². The van der Waals surface area contributed by atoms with Gasteiger partial charge in [-0.15, -0.1) is 0 Å². The van der Waals surface area contributed by atoms with Crippen LogP contribution in [0, 0.1) is 13.8 Å². The van der Waals surface area contributed by atoms with Crippen molar-refractivity contribution in [2.45, 2.75) is 51.4 Å². The number of hydrogen-bond acceptors (Lipinski definition) is 4. The molecule has 2 aliphatic heterocycles. The van der Waals surface area contributed by atoms with Crippen molar-refractivity contribution in [2.24, 2.45) is 0 Å². The minimum absolute atomic E-state index is 0. The van der Waals surface area contributed by atoms with Gasteiger partial charge in [-0.05, 0) is 101 Å². The van der Waals surface area contributed by atoms with Crippen molar-refractivity contribution in [2.75, 3.05) is 49.9 Å². The van der Waals surface area contributed by atoms with Gasteiger partial charge in [0.15, 0.2) is 23.8 Å². The van der Waals surface area contributed by atoms with Crippen molar-refractivity contribution in [1.82, 2.24) is 9.80 Å². The third kappa shape index (κ3) is 11.6. The number of likely N-dealkylation sites (tertiary alicyclic amines) is 2. The Labute approximate surface area is 299 Å². The number of nitrogens with zero attached hydrogens (tertiary/aromatic N) is 2. The normalized spacial score (nSPS) is 15.8. The standard InChI is InChI=1S/2C19H22ClN3O.O/c2*1-14-5-6-16(20)12-18(14)22-19(24)13-23-10-7-15(8-11-23)17-4-2-3-9-21-17;/h2*2-6,9,12,15H,7-8,10-11,13H2,1H3,(H,22,24);/q;;-2/p+2. The average Bonchev–Trinajstić information content (AvgIpc) is 3.10. The van der Waals surface area contributed by atoms with Crippen LogP contribution >= 0.6 is 23.2 Å². The Morgan fingerprint density at radius 2 is 1.04 bits per heavy atom. The number of rotatable bonds is 8. The van der Waals surface area contributed by atoms with Gasteiger partial charge < -0.3 is 16.1 Å². The van der Waals surface area contributed by atoms with Crippen LogP contribution in [0.4, 0.5) is 11.4 Å². The summed E-state index contributed by atoms with van der Waals surface area (Å²) >= 11 is 12.0. The molecule has 260 valence electrons. The fraction of sp³-hybridized carbons (Fsp3) is 0.368. The van der Waals surface area contributed by atoms with E-state index < -0.39 is 0 Å². The zero-order valence-electron chi connectivity index (χ0n) is 28.2. The van der Waals surface area contributed by atoms with E-state index in [2.05, 4.69) is 54.7 Å². The molecule has 49 heavy (non-hydrogen) atoms. The van der Waals surface area contributed by atoms with Crippen LogP contribution in [-0.4, -0.2) is 60.9 Å². The van der Waals surface area contributed by atoms with Crippen molar-refractivity contribution in [3.05, 3.63) is 118 Å². The number of amides is 2. The predicted octanol–water partition coefficient (Wildman–Crippen LogP) is 6.44. The highest BCUT2D eigenvalue weighted by Gasteiger charge is 2.26. The summed E-state index contributed by atoms with van der Waals surface area (Å²) in [7, 11) is 0. The first kappa shape index (κ1) is 38.0. The Bertz CT molecular complexity index is 1520. The fourth-order valence-corrected chi connectivity index (χ4v) is 6.71. The molecular weight excluding hydrogens is 659 g/mol. The van der Waals surface area contributed by atoms with Crippen LogP contribution in [0.2, 0.25) is 10.0 Å². The molecule has 0 saturated carbocycles. The van der Waals surface area contributed by atoms with Crippen molar-refractivity contribution >= 4 is 46.4 Å². The van der Waals surface area contributed by atoms with Crippen LogP contribution in [0.3, 0.4) is 0 Å². The maximum absolute atomic E-state index is 12.3. The van der Waals surface area contributed by atoms with E-state index in [0.29, 0.717) is 35.0 Å². The lowest BCUT2D eigenvalue weighted by Crippen LogP contribution is -2.39. The molecule has 2 aromatic heterocycles. The number of aromatic nitrogens is 2. The summed E-state index contributed by atoms with van der Waals surface area (Å²) < 4.78 is 0. The van der Waals surface area contributed by atoms with Gasteiger partial charge in [-0.3, -0.25) is 19.4 Å². The zero-order chi connectivity index (χ0) is 33.9. The second kappa shape index (κ2) is 18.8. The Balaban J connectivity index is 0.000000216. The Hall–Kier alpha value is -3.86. The fourth-order valence-electron chi connectivity index (χ4n) is 6.37. The predicted molar refractivity (Wildman–Crippen MR) is 193 cm³/mol. The van der Waals surface area contributed by atoms with E-state index in [9.17, 15) is 9.59 Å². The quantitative estimate of drug-likeness (QED) is 0.219. The van der Waals surface area contributed by atoms with Gasteiger partial charge in [-0.1, -0.05) is 47.5 Å². The van der Waals surface area contributed by atoms with Crippen LogP contribution in [0.25, 0.3) is 0 Å². The summed E-state index contributed by atoms with van der Waals surface area (Å²) in [4.78, 5) is 35.7. The number of carbonyl (C=O) groups excluding carboxylic acids is 2. The number of nitrogens with one attached hydrogen (secondary N) is 4. The molecule has 0 atom stereocenters. The molecule has 2 saturated heterocycles. The van der Waals surface area contributed by atoms with Crippen LogP contribution in [-0.2, 0) is 15.1 Å². The number of carbonyl (C=O) groups is 2. The molecule has 0 aliphatic carbocycles. The monoisotopic (exact) mass is 704 g/mol. The number of pyridine rings is 2. The molecule has 2 aliphatic rings. The van der Waals surface area contributed by atoms with Gasteiger partial charge in [0.2, 0.25) is 11.8 Å². The lowest BCUT2D eigenvalue weighted by molar-refractivity contribution is -0.394. The van der Waals surface area contributed by atoms with Crippen molar-refractivity contribution < 1.29 is 25.0 Å². The van der Waals surface area contributed by atoms with E-state index in [0.717, 1.165) is 74.4 Å². The number of halogens is 2. The second-order valence-corrected chi connectivity index (χ2v) is 13.6. The summed E-state index contributed by atoms with van der Waals surface area (Å²) in [6, 6.07) is 23.5. The molecule has 2 aromatic carbocycles. The molecule has 0 radical (unpaired) electrons. The number of hydrogen-bond donors (Lipinski definition) is 2. The summed E-state index contributed by atoms with van der Waals surface area (Å²) in [5.74, 6) is 1.15. The van der Waals surface area contributed by atoms with Gasteiger partial charge in [0.1, 0.15) is 0 Å². The SMILES string of the molecule is Cc1ccc(Cl)cc1NC(=O)CN1CCC(c2cccc[nH+]2)CC1.Cc1ccc(Cl)cc1NC(=O)CN1CCC(c2cccc[nH+]2)CC1.[O-2]. The number of benzene rings is 2. The molecule has 2 amide bonds. The molecule has 2 fully saturated rings. The van der Waals surface area contributed by atoms with E-state index in [4.69, 9.17) is 23.2 Å². The van der Waals surface area contributed by atoms with Crippen molar-refractivity contribution in [3.8, 4) is 0 Å². The molecule has 9 nitrogen and oxygen atoms in total. The average molecular weight is 706 g/mol. The van der Waals surface area contributed by atoms with Crippen LogP contribution in [0.15, 0.2) is 85.2 Å². The molecule has 0 unspecified atom stereocenters. The minimum atomic E-state index is 0. The van der Waals surface area contributed by atoms with E-state index in [1.54, 1.807) is 12.1 Å². The third-order valence-electron chi connectivity index (χ3n) is 9.20. The molecule has 4 aromatic rings. The van der Waals surface area contributed by atoms with Crippen LogP contribution < -0.4 is 20.6 Å². The van der Waals surface area contributed by atoms with Gasteiger partial charge in [-0.2, -0.15) is 0 Å². The number of piperidine rings is 2. The smallest absolute Gasteiger partial charge is 0.238 e. The minimum Gasteiger partial charge on any atom is -2.00 e. The summed E-state index contributed by atoms with van der Waals surface area (Å²) in [6.07, 6.45) is 8.24. The number of anilines is 2. The first-order valence-electron chi connectivity index (χ1n) is 16.7. The first-order chi connectivity index (χ1) is 23.2. The summed E-state index contributed by atoms with van der Waals surface area (Å²) in [5, 5.41) is 7.21. The van der Waals surface area contributed by atoms with Gasteiger partial charge >= 0.3 is 0 Å². The molecular formula is C38H46Cl2N6O3. The van der Waals surface area contributed by atoms with Gasteiger partial charge in [0.05, 0.1) is 13.1 Å². The topological polar surface area (TPSA) is 121 Å². The highest BCUT2D eigenvalue weighted by Crippen LogP contribution is 2.27. The van der Waals surface area contributed by atoms with Crippen LogP contribution in [0.5, 0.6) is 0 Å². The Morgan fingerprint density at radius 1 is 0.653 bits per heavy atom. The van der Waals surface area contributed by atoms with E-state index in [1.807, 2.05) is 62.6 Å². The molecule has 6 rings (SSSR count). The molecule has 11 heteroatoms. The molecule has 4 heterocycles. The second-order valence-electron chi connectivity index (χ2n) is 12.8. The molecule has 0 bridgehead atoms. The van der Waals surface area contributed by atoms with E-state index in [-0.39, 0.29) is 17.3 Å². The summed E-state index contributed by atoms with van der Waals surface area (Å²) in [5.41, 5.74) is 6.20. The summed E-state index contributed by atoms with van der Waals surface area (Å²) in [6.45, 7) is 8.55. The number of aryl methyl sites for hydroxylation is 2. The Morgan fingerprint density at radius 3 is 1.39 bits per heavy atom. The number of H-pyrrole nitrogens is 2. The molecule has 0 spiro atoms. The lowest BCUT2D eigenvalue weighted by Gasteiger charge is -2.29. The first-order valence-corrected chi connectivity index (χ1v) is 17.5. The van der Waals surface area contributed by atoms with Gasteiger partial charge in [0, 0.05) is 57.5 Å². The van der Waals surface area contributed by atoms with Crippen LogP contribution in [0.1, 0.15) is 60.0 Å². The maximum Gasteiger partial charge on any atom is 0.238 e. The largest absolute Gasteiger partial charge is 2.00 e. The Kier molecular flexibility index (Phi) is 14.5. The maximum atomic E-state index is 12.3. The van der Waals surface area contributed by atoms with Crippen molar-refractivity contribution in [3.63, 3.8) is 0 Å². The third-order valence-corrected chi connectivity index (χ3v) is 9.67. The number of aromatic amines is 2. The zero-order valence-corrected chi connectivity index (χ0v) is 29.7. The van der Waals surface area contributed by atoms with E-state index >= 15 is 0 Å². The highest BCUT2D eigenvalue weighted by atomic mass is 35.5. The van der Waals surface area contributed by atoms with Crippen molar-refractivity contribution in [1.29, 1.82) is 0 Å². The molecule has 4 N–H and O–H groups in total.